The number of rotatable bonds is 10. The van der Waals surface area contributed by atoms with Crippen molar-refractivity contribution in [1.82, 2.24) is 4.90 Å². The Morgan fingerprint density at radius 1 is 1.03 bits per heavy atom. The van der Waals surface area contributed by atoms with Gasteiger partial charge >= 0.3 is 0 Å². The minimum Gasteiger partial charge on any atom is -0.497 e. The van der Waals surface area contributed by atoms with E-state index in [2.05, 4.69) is 6.92 Å². The van der Waals surface area contributed by atoms with Crippen molar-refractivity contribution in [2.75, 3.05) is 20.8 Å². The van der Waals surface area contributed by atoms with E-state index < -0.39 is 0 Å². The topological polar surface area (TPSA) is 48.0 Å². The Bertz CT molecular complexity index is 829. The Morgan fingerprint density at radius 2 is 1.67 bits per heavy atom. The van der Waals surface area contributed by atoms with Crippen LogP contribution in [0.5, 0.6) is 11.5 Å². The Hall–Kier alpha value is -2.95. The molecule has 3 rings (SSSR count). The number of nitrogens with zero attached hydrogens (tertiary/aromatic N) is 1. The highest BCUT2D eigenvalue weighted by Gasteiger charge is 2.32. The normalized spacial score (nSPS) is 17.4. The number of amides is 1. The van der Waals surface area contributed by atoms with Gasteiger partial charge in [-0.3, -0.25) is 4.79 Å². The quantitative estimate of drug-likeness (QED) is 0.511. The van der Waals surface area contributed by atoms with Crippen LogP contribution in [0.4, 0.5) is 0 Å². The van der Waals surface area contributed by atoms with Gasteiger partial charge in [-0.05, 0) is 67.2 Å². The van der Waals surface area contributed by atoms with Gasteiger partial charge in [0, 0.05) is 13.0 Å². The molecule has 2 atom stereocenters. The second kappa shape index (κ2) is 10.7. The maximum absolute atomic E-state index is 12.5. The first-order chi connectivity index (χ1) is 14.6. The molecule has 1 saturated heterocycles. The first kappa shape index (κ1) is 21.8. The summed E-state index contributed by atoms with van der Waals surface area (Å²) in [5, 5.41) is 0. The van der Waals surface area contributed by atoms with Gasteiger partial charge in [-0.25, -0.2) is 0 Å². The van der Waals surface area contributed by atoms with E-state index in [4.69, 9.17) is 14.2 Å². The summed E-state index contributed by atoms with van der Waals surface area (Å²) in [4.78, 5) is 14.5. The third-order valence-corrected chi connectivity index (χ3v) is 5.65. The monoisotopic (exact) mass is 409 g/mol. The molecule has 5 nitrogen and oxygen atoms in total. The molecule has 1 heterocycles. The lowest BCUT2D eigenvalue weighted by atomic mass is 10.0. The van der Waals surface area contributed by atoms with Crippen LogP contribution in [0.15, 0.2) is 60.9 Å². The molecular formula is C25H31NO4. The molecule has 0 aliphatic carbocycles. The van der Waals surface area contributed by atoms with Crippen molar-refractivity contribution in [2.45, 2.75) is 38.8 Å². The highest BCUT2D eigenvalue weighted by atomic mass is 16.5. The molecule has 1 fully saturated rings. The number of likely N-dealkylation sites (tertiary alicyclic amines) is 1. The lowest BCUT2D eigenvalue weighted by Crippen LogP contribution is -2.28. The fourth-order valence-electron chi connectivity index (χ4n) is 3.77. The van der Waals surface area contributed by atoms with Crippen molar-refractivity contribution in [3.8, 4) is 11.5 Å². The van der Waals surface area contributed by atoms with Crippen LogP contribution in [-0.4, -0.2) is 31.6 Å². The van der Waals surface area contributed by atoms with Crippen molar-refractivity contribution in [3.63, 3.8) is 0 Å². The predicted octanol–water partition coefficient (Wildman–Crippen LogP) is 5.12. The van der Waals surface area contributed by atoms with Crippen LogP contribution < -0.4 is 9.47 Å². The molecule has 0 unspecified atom stereocenters. The van der Waals surface area contributed by atoms with Crippen LogP contribution in [0, 0.1) is 5.92 Å². The molecule has 30 heavy (non-hydrogen) atoms. The minimum atomic E-state index is 0.0804. The Morgan fingerprint density at radius 3 is 2.30 bits per heavy atom. The molecule has 0 saturated carbocycles. The van der Waals surface area contributed by atoms with Gasteiger partial charge in [-0.1, -0.05) is 24.3 Å². The van der Waals surface area contributed by atoms with E-state index in [1.54, 1.807) is 20.5 Å². The van der Waals surface area contributed by atoms with E-state index in [1.807, 2.05) is 59.5 Å². The van der Waals surface area contributed by atoms with Crippen LogP contribution in [0.3, 0.4) is 0 Å². The Kier molecular flexibility index (Phi) is 7.77. The van der Waals surface area contributed by atoms with Gasteiger partial charge in [0.25, 0.3) is 0 Å². The summed E-state index contributed by atoms with van der Waals surface area (Å²) in [6, 6.07) is 15.9. The molecule has 5 heteroatoms. The Balaban J connectivity index is 1.39. The van der Waals surface area contributed by atoms with Crippen molar-refractivity contribution in [2.24, 2.45) is 5.92 Å². The van der Waals surface area contributed by atoms with Gasteiger partial charge < -0.3 is 19.1 Å². The number of methoxy groups -OCH3 is 2. The zero-order valence-corrected chi connectivity index (χ0v) is 18.0. The van der Waals surface area contributed by atoms with Gasteiger partial charge in [0.2, 0.25) is 5.91 Å². The fourth-order valence-corrected chi connectivity index (χ4v) is 3.77. The summed E-state index contributed by atoms with van der Waals surface area (Å²) >= 11 is 0. The summed E-state index contributed by atoms with van der Waals surface area (Å²) in [7, 11) is 3.32. The smallest absolute Gasteiger partial charge is 0.223 e. The van der Waals surface area contributed by atoms with Gasteiger partial charge in [-0.15, -0.1) is 0 Å². The molecule has 2 aromatic rings. The molecule has 1 aliphatic heterocycles. The van der Waals surface area contributed by atoms with Gasteiger partial charge in [-0.2, -0.15) is 0 Å². The summed E-state index contributed by atoms with van der Waals surface area (Å²) in [5.41, 5.74) is 2.24. The summed E-state index contributed by atoms with van der Waals surface area (Å²) in [6.07, 6.45) is 6.33. The molecule has 0 spiro atoms. The average Bonchev–Trinajstić information content (AvgIpc) is 3.16. The third kappa shape index (κ3) is 5.78. The van der Waals surface area contributed by atoms with E-state index >= 15 is 0 Å². The zero-order valence-electron chi connectivity index (χ0n) is 18.0. The van der Waals surface area contributed by atoms with Crippen molar-refractivity contribution >= 4 is 5.91 Å². The average molecular weight is 410 g/mol. The van der Waals surface area contributed by atoms with E-state index in [0.717, 1.165) is 42.0 Å². The number of carbonyl (C=O) groups excluding carboxylic acids is 1. The van der Waals surface area contributed by atoms with Gasteiger partial charge in [0.1, 0.15) is 18.1 Å². The van der Waals surface area contributed by atoms with Crippen molar-refractivity contribution < 1.29 is 19.0 Å². The molecule has 0 aromatic heterocycles. The standard InChI is InChI=1S/C25H31NO4/c1-19(22-9-13-24(29-3)14-10-22)26-17-21(16-25(26)27)6-4-5-15-30-18-20-7-11-23(28-2)12-8-20/h5,7-15,19,21H,4,6,16-18H2,1-3H3/t19-,21-/m1/s1. The molecule has 0 radical (unpaired) electrons. The highest BCUT2D eigenvalue weighted by molar-refractivity contribution is 5.79. The molecule has 0 N–H and O–H groups in total. The maximum atomic E-state index is 12.5. The minimum absolute atomic E-state index is 0.0804. The van der Waals surface area contributed by atoms with E-state index in [9.17, 15) is 4.79 Å². The van der Waals surface area contributed by atoms with E-state index in [1.165, 1.54) is 0 Å². The van der Waals surface area contributed by atoms with Gasteiger partial charge in [0.05, 0.1) is 26.5 Å². The molecule has 0 bridgehead atoms. The predicted molar refractivity (Wildman–Crippen MR) is 117 cm³/mol. The molecule has 2 aromatic carbocycles. The molecule has 1 aliphatic rings. The number of hydrogen-bond acceptors (Lipinski definition) is 4. The largest absolute Gasteiger partial charge is 0.497 e. The zero-order chi connectivity index (χ0) is 21.3. The molecule has 1 amide bonds. The van der Waals surface area contributed by atoms with Crippen LogP contribution >= 0.6 is 0 Å². The molecule has 160 valence electrons. The fraction of sp³-hybridized carbons (Fsp3) is 0.400. The van der Waals surface area contributed by atoms with Crippen LogP contribution in [-0.2, 0) is 16.1 Å². The number of benzene rings is 2. The lowest BCUT2D eigenvalue weighted by molar-refractivity contribution is -0.129. The SMILES string of the molecule is COc1ccc(COC=CCC[C@@H]2CC(=O)N([C@H](C)c3ccc(OC)cc3)C2)cc1. The van der Waals surface area contributed by atoms with Crippen LogP contribution in [0.1, 0.15) is 43.4 Å². The summed E-state index contributed by atoms with van der Waals surface area (Å²) in [5.74, 6) is 2.31. The first-order valence-corrected chi connectivity index (χ1v) is 10.4. The second-order valence-corrected chi connectivity index (χ2v) is 7.67. The number of ether oxygens (including phenoxy) is 3. The number of carbonyl (C=O) groups is 1. The van der Waals surface area contributed by atoms with Crippen LogP contribution in [0.2, 0.25) is 0 Å². The van der Waals surface area contributed by atoms with E-state index in [-0.39, 0.29) is 11.9 Å². The van der Waals surface area contributed by atoms with Crippen molar-refractivity contribution in [3.05, 3.63) is 72.0 Å². The highest BCUT2D eigenvalue weighted by Crippen LogP contribution is 2.31. The Labute approximate surface area is 179 Å². The van der Waals surface area contributed by atoms with Gasteiger partial charge in [0.15, 0.2) is 0 Å². The van der Waals surface area contributed by atoms with Crippen molar-refractivity contribution in [1.29, 1.82) is 0 Å². The number of allylic oxidation sites excluding steroid dienone is 1. The first-order valence-electron chi connectivity index (χ1n) is 10.4. The van der Waals surface area contributed by atoms with Crippen LogP contribution in [0.25, 0.3) is 0 Å². The second-order valence-electron chi connectivity index (χ2n) is 7.67. The van der Waals surface area contributed by atoms with E-state index in [0.29, 0.717) is 18.9 Å². The molecular weight excluding hydrogens is 378 g/mol. The number of hydrogen-bond donors (Lipinski definition) is 0. The third-order valence-electron chi connectivity index (χ3n) is 5.65. The maximum Gasteiger partial charge on any atom is 0.223 e. The summed E-state index contributed by atoms with van der Waals surface area (Å²) in [6.45, 7) is 3.44. The lowest BCUT2D eigenvalue weighted by Gasteiger charge is -2.25. The summed E-state index contributed by atoms with van der Waals surface area (Å²) < 4.78 is 16.0.